The van der Waals surface area contributed by atoms with E-state index in [1.54, 1.807) is 5.57 Å². The minimum absolute atomic E-state index is 0.405. The number of anilines is 1. The van der Waals surface area contributed by atoms with Crippen molar-refractivity contribution in [2.75, 3.05) is 31.5 Å². The summed E-state index contributed by atoms with van der Waals surface area (Å²) in [5.41, 5.74) is 7.08. The summed E-state index contributed by atoms with van der Waals surface area (Å²) in [6.45, 7) is 18.4. The van der Waals surface area contributed by atoms with Crippen molar-refractivity contribution in [1.29, 1.82) is 5.41 Å². The normalized spacial score (nSPS) is 18.9. The number of hydrogen-bond acceptors (Lipinski definition) is 4. The molecule has 29 heavy (non-hydrogen) atoms. The predicted molar refractivity (Wildman–Crippen MR) is 126 cm³/mol. The molecule has 0 spiro atoms. The monoisotopic (exact) mass is 390 g/mol. The highest BCUT2D eigenvalue weighted by Gasteiger charge is 2.31. The molecule has 1 heterocycles. The maximum Gasteiger partial charge on any atom is 0.0510 e. The van der Waals surface area contributed by atoms with Gasteiger partial charge in [0, 0.05) is 55.4 Å². The highest BCUT2D eigenvalue weighted by atomic mass is 15.2. The molecule has 1 aliphatic heterocycles. The van der Waals surface area contributed by atoms with Crippen LogP contribution in [-0.4, -0.2) is 43.3 Å². The van der Waals surface area contributed by atoms with E-state index in [0.717, 1.165) is 47.6 Å². The molecule has 2 aliphatic rings. The Morgan fingerprint density at radius 3 is 2.66 bits per heavy atom. The molecule has 1 fully saturated rings. The maximum absolute atomic E-state index is 7.73. The number of hydrogen-bond donors (Lipinski definition) is 3. The van der Waals surface area contributed by atoms with Gasteiger partial charge >= 0.3 is 0 Å². The Kier molecular flexibility index (Phi) is 6.43. The third-order valence-corrected chi connectivity index (χ3v) is 5.60. The van der Waals surface area contributed by atoms with Gasteiger partial charge < -0.3 is 16.0 Å². The number of nitrogens with zero attached hydrogens (tertiary/aromatic N) is 1. The smallest absolute Gasteiger partial charge is 0.0510 e. The van der Waals surface area contributed by atoms with Gasteiger partial charge in [0.05, 0.1) is 6.04 Å². The molecular weight excluding hydrogens is 356 g/mol. The van der Waals surface area contributed by atoms with Crippen LogP contribution in [0.5, 0.6) is 0 Å². The lowest BCUT2D eigenvalue weighted by atomic mass is 9.74. The Balaban J connectivity index is 1.48. The van der Waals surface area contributed by atoms with Gasteiger partial charge in [-0.3, -0.25) is 4.90 Å². The SMILES string of the molecule is C=Cc1c(NC/C(C=N)=C/NC2CN(CC3=CC(C)(C)C3)C2)cccc1C(=C)C. The number of allylic oxidation sites excluding steroid dienone is 2. The van der Waals surface area contributed by atoms with Crippen LogP contribution in [0.1, 0.15) is 38.3 Å². The van der Waals surface area contributed by atoms with Crippen LogP contribution in [0, 0.1) is 10.8 Å². The molecule has 0 bridgehead atoms. The van der Waals surface area contributed by atoms with E-state index >= 15 is 0 Å². The molecule has 1 aromatic rings. The van der Waals surface area contributed by atoms with Crippen molar-refractivity contribution >= 4 is 23.6 Å². The topological polar surface area (TPSA) is 51.2 Å². The summed E-state index contributed by atoms with van der Waals surface area (Å²) in [5, 5.41) is 14.6. The first-order valence-electron chi connectivity index (χ1n) is 10.3. The minimum atomic E-state index is 0.405. The summed E-state index contributed by atoms with van der Waals surface area (Å²) in [4.78, 5) is 2.48. The van der Waals surface area contributed by atoms with Crippen molar-refractivity contribution in [3.63, 3.8) is 0 Å². The van der Waals surface area contributed by atoms with E-state index in [1.165, 1.54) is 12.6 Å². The van der Waals surface area contributed by atoms with Gasteiger partial charge in [0.15, 0.2) is 0 Å². The van der Waals surface area contributed by atoms with Gasteiger partial charge in [-0.25, -0.2) is 0 Å². The molecule has 0 saturated carbocycles. The molecule has 0 radical (unpaired) electrons. The number of rotatable bonds is 10. The van der Waals surface area contributed by atoms with Gasteiger partial charge in [0.25, 0.3) is 0 Å². The average molecular weight is 391 g/mol. The summed E-state index contributed by atoms with van der Waals surface area (Å²) < 4.78 is 0. The third-order valence-electron chi connectivity index (χ3n) is 5.60. The highest BCUT2D eigenvalue weighted by molar-refractivity contribution is 5.81. The fraction of sp³-hybridized carbons (Fsp3) is 0.400. The summed E-state index contributed by atoms with van der Waals surface area (Å²) in [7, 11) is 0. The Bertz CT molecular complexity index is 854. The molecule has 4 nitrogen and oxygen atoms in total. The lowest BCUT2D eigenvalue weighted by Crippen LogP contribution is -2.57. The fourth-order valence-electron chi connectivity index (χ4n) is 4.18. The zero-order chi connectivity index (χ0) is 21.0. The van der Waals surface area contributed by atoms with Crippen molar-refractivity contribution < 1.29 is 0 Å². The second-order valence-electron chi connectivity index (χ2n) is 8.99. The van der Waals surface area contributed by atoms with Crippen LogP contribution in [0.2, 0.25) is 0 Å². The minimum Gasteiger partial charge on any atom is -0.385 e. The largest absolute Gasteiger partial charge is 0.385 e. The first kappa shape index (κ1) is 21.1. The summed E-state index contributed by atoms with van der Waals surface area (Å²) in [6.07, 6.45) is 8.88. The molecule has 4 heteroatoms. The molecule has 3 rings (SSSR count). The van der Waals surface area contributed by atoms with Gasteiger partial charge in [-0.15, -0.1) is 0 Å². The second-order valence-corrected chi connectivity index (χ2v) is 8.99. The second kappa shape index (κ2) is 8.83. The van der Waals surface area contributed by atoms with E-state index in [2.05, 4.69) is 54.7 Å². The fourth-order valence-corrected chi connectivity index (χ4v) is 4.18. The van der Waals surface area contributed by atoms with Crippen LogP contribution in [0.25, 0.3) is 11.6 Å². The molecule has 154 valence electrons. The number of nitrogens with one attached hydrogen (secondary N) is 3. The summed E-state index contributed by atoms with van der Waals surface area (Å²) in [6, 6.07) is 6.59. The molecule has 3 N–H and O–H groups in total. The number of benzene rings is 1. The van der Waals surface area contributed by atoms with Gasteiger partial charge in [-0.1, -0.05) is 62.4 Å². The first-order valence-corrected chi connectivity index (χ1v) is 10.3. The van der Waals surface area contributed by atoms with Gasteiger partial charge in [-0.05, 0) is 30.4 Å². The quantitative estimate of drug-likeness (QED) is 0.392. The van der Waals surface area contributed by atoms with Crippen LogP contribution in [0.15, 0.2) is 54.8 Å². The molecule has 0 unspecified atom stereocenters. The summed E-state index contributed by atoms with van der Waals surface area (Å²) >= 11 is 0. The van der Waals surface area contributed by atoms with E-state index in [9.17, 15) is 0 Å². The van der Waals surface area contributed by atoms with Gasteiger partial charge in [0.1, 0.15) is 0 Å². The zero-order valence-corrected chi connectivity index (χ0v) is 18.0. The number of likely N-dealkylation sites (tertiary alicyclic amines) is 1. The van der Waals surface area contributed by atoms with Crippen LogP contribution < -0.4 is 10.6 Å². The van der Waals surface area contributed by atoms with Crippen LogP contribution >= 0.6 is 0 Å². The molecule has 0 amide bonds. The van der Waals surface area contributed by atoms with Gasteiger partial charge in [0.2, 0.25) is 0 Å². The van der Waals surface area contributed by atoms with Crippen molar-refractivity contribution in [1.82, 2.24) is 10.2 Å². The highest BCUT2D eigenvalue weighted by Crippen LogP contribution is 2.38. The standard InChI is InChI=1S/C25H34N4/c1-6-22-23(18(2)3)8-7-9-24(22)28-14-20(12-26)13-27-21-16-29(17-21)15-19-10-25(4,5)11-19/h6-10,12-13,21,26-28H,1-2,11,14-17H2,3-5H3/b20-13+,26-12?. The predicted octanol–water partition coefficient (Wildman–Crippen LogP) is 4.94. The van der Waals surface area contributed by atoms with Crippen molar-refractivity contribution in [2.45, 2.75) is 33.2 Å². The molecule has 1 aromatic carbocycles. The third kappa shape index (κ3) is 5.27. The maximum atomic E-state index is 7.73. The Morgan fingerprint density at radius 1 is 1.34 bits per heavy atom. The Labute approximate surface area is 175 Å². The van der Waals surface area contributed by atoms with Crippen molar-refractivity contribution in [3.8, 4) is 0 Å². The van der Waals surface area contributed by atoms with E-state index in [1.807, 2.05) is 31.3 Å². The Morgan fingerprint density at radius 2 is 2.07 bits per heavy atom. The molecule has 0 aromatic heterocycles. The van der Waals surface area contributed by atoms with Crippen LogP contribution in [0.3, 0.4) is 0 Å². The van der Waals surface area contributed by atoms with Crippen LogP contribution in [0.4, 0.5) is 5.69 Å². The first-order chi connectivity index (χ1) is 13.8. The van der Waals surface area contributed by atoms with E-state index in [4.69, 9.17) is 5.41 Å². The van der Waals surface area contributed by atoms with Gasteiger partial charge in [-0.2, -0.15) is 0 Å². The lowest BCUT2D eigenvalue weighted by Gasteiger charge is -2.43. The van der Waals surface area contributed by atoms with E-state index < -0.39 is 0 Å². The molecule has 0 atom stereocenters. The molecular formula is C25H34N4. The molecule has 1 saturated heterocycles. The van der Waals surface area contributed by atoms with Crippen LogP contribution in [-0.2, 0) is 0 Å². The zero-order valence-electron chi connectivity index (χ0n) is 18.0. The lowest BCUT2D eigenvalue weighted by molar-refractivity contribution is 0.142. The molecule has 1 aliphatic carbocycles. The Hall–Kier alpha value is -2.59. The van der Waals surface area contributed by atoms with E-state index in [-0.39, 0.29) is 0 Å². The average Bonchev–Trinajstić information content (AvgIpc) is 2.63. The van der Waals surface area contributed by atoms with E-state index in [0.29, 0.717) is 18.0 Å². The summed E-state index contributed by atoms with van der Waals surface area (Å²) in [5.74, 6) is 0. The van der Waals surface area contributed by atoms with Crippen molar-refractivity contribution in [2.24, 2.45) is 5.41 Å². The van der Waals surface area contributed by atoms with Crippen molar-refractivity contribution in [3.05, 3.63) is 65.9 Å².